The molecule has 0 aliphatic heterocycles. The quantitative estimate of drug-likeness (QED) is 0.647. The number of hydrogen-bond acceptors (Lipinski definition) is 1. The van der Waals surface area contributed by atoms with Gasteiger partial charge in [0.2, 0.25) is 0 Å². The summed E-state index contributed by atoms with van der Waals surface area (Å²) in [6.07, 6.45) is 1.54. The van der Waals surface area contributed by atoms with Crippen LogP contribution >= 0.6 is 11.6 Å². The molecule has 0 amide bonds. The third kappa shape index (κ3) is 3.06. The van der Waals surface area contributed by atoms with Gasteiger partial charge in [0, 0.05) is 5.38 Å². The second kappa shape index (κ2) is 4.56. The van der Waals surface area contributed by atoms with E-state index in [4.69, 9.17) is 16.7 Å². The van der Waals surface area contributed by atoms with Crippen LogP contribution in [0.3, 0.4) is 0 Å². The molecule has 0 heterocycles. The first-order valence-electron chi connectivity index (χ1n) is 3.46. The largest absolute Gasteiger partial charge is 0.481 e. The fraction of sp³-hybridized carbons (Fsp3) is 0.857. The van der Waals surface area contributed by atoms with Gasteiger partial charge in [-0.2, -0.15) is 0 Å². The molecule has 60 valence electrons. The Kier molecular flexibility index (Phi) is 4.45. The van der Waals surface area contributed by atoms with Crippen molar-refractivity contribution >= 4 is 17.6 Å². The van der Waals surface area contributed by atoms with Crippen molar-refractivity contribution in [1.82, 2.24) is 0 Å². The molecule has 0 radical (unpaired) electrons. The topological polar surface area (TPSA) is 37.3 Å². The van der Waals surface area contributed by atoms with E-state index in [0.29, 0.717) is 6.42 Å². The first kappa shape index (κ1) is 9.76. The summed E-state index contributed by atoms with van der Waals surface area (Å²) in [5.41, 5.74) is 0. The summed E-state index contributed by atoms with van der Waals surface area (Å²) in [4.78, 5) is 10.4. The van der Waals surface area contributed by atoms with E-state index < -0.39 is 5.97 Å². The van der Waals surface area contributed by atoms with Crippen molar-refractivity contribution in [2.45, 2.75) is 32.1 Å². The molecule has 0 rings (SSSR count). The van der Waals surface area contributed by atoms with Crippen molar-refractivity contribution in [1.29, 1.82) is 0 Å². The molecule has 0 aromatic heterocycles. The molecule has 10 heavy (non-hydrogen) atoms. The maximum absolute atomic E-state index is 10.4. The highest BCUT2D eigenvalue weighted by atomic mass is 35.5. The third-order valence-corrected chi connectivity index (χ3v) is 1.78. The summed E-state index contributed by atoms with van der Waals surface area (Å²) in [5.74, 6) is -1.17. The van der Waals surface area contributed by atoms with Crippen LogP contribution < -0.4 is 0 Å². The molecule has 0 saturated carbocycles. The van der Waals surface area contributed by atoms with E-state index in [1.54, 1.807) is 6.92 Å². The fourth-order valence-corrected chi connectivity index (χ4v) is 1.09. The van der Waals surface area contributed by atoms with Crippen LogP contribution in [0.5, 0.6) is 0 Å². The SMILES string of the molecule is CCCC(C(=O)O)C(C)Cl. The smallest absolute Gasteiger partial charge is 0.307 e. The number of carboxylic acid groups (broad SMARTS) is 1. The summed E-state index contributed by atoms with van der Waals surface area (Å²) < 4.78 is 0. The molecule has 2 unspecified atom stereocenters. The highest BCUT2D eigenvalue weighted by Crippen LogP contribution is 2.16. The van der Waals surface area contributed by atoms with Gasteiger partial charge in [-0.1, -0.05) is 13.3 Å². The minimum atomic E-state index is -0.788. The van der Waals surface area contributed by atoms with Gasteiger partial charge in [0.25, 0.3) is 0 Å². The lowest BCUT2D eigenvalue weighted by atomic mass is 10.0. The fourth-order valence-electron chi connectivity index (χ4n) is 0.861. The number of aliphatic carboxylic acids is 1. The minimum absolute atomic E-state index is 0.266. The summed E-state index contributed by atoms with van der Waals surface area (Å²) >= 11 is 5.64. The zero-order chi connectivity index (χ0) is 8.15. The lowest BCUT2D eigenvalue weighted by molar-refractivity contribution is -0.141. The normalized spacial score (nSPS) is 16.3. The van der Waals surface area contributed by atoms with Crippen LogP contribution in [-0.4, -0.2) is 16.5 Å². The molecule has 2 nitrogen and oxygen atoms in total. The second-order valence-electron chi connectivity index (χ2n) is 2.41. The van der Waals surface area contributed by atoms with Crippen molar-refractivity contribution in [3.63, 3.8) is 0 Å². The maximum atomic E-state index is 10.4. The summed E-state index contributed by atoms with van der Waals surface area (Å²) in [6.45, 7) is 3.67. The molecule has 0 spiro atoms. The molecule has 1 N–H and O–H groups in total. The van der Waals surface area contributed by atoms with E-state index in [9.17, 15) is 4.79 Å². The number of hydrogen-bond donors (Lipinski definition) is 1. The highest BCUT2D eigenvalue weighted by molar-refractivity contribution is 6.21. The Morgan fingerprint density at radius 1 is 1.70 bits per heavy atom. The standard InChI is InChI=1S/C7H13ClO2/c1-3-4-6(5(2)8)7(9)10/h5-6H,3-4H2,1-2H3,(H,9,10). The average molecular weight is 165 g/mol. The summed E-state index contributed by atoms with van der Waals surface area (Å²) in [5, 5.41) is 8.32. The zero-order valence-corrected chi connectivity index (χ0v) is 7.06. The Hall–Kier alpha value is -0.240. The number of rotatable bonds is 4. The van der Waals surface area contributed by atoms with Crippen molar-refractivity contribution in [2.75, 3.05) is 0 Å². The molecule has 0 aliphatic rings. The van der Waals surface area contributed by atoms with E-state index in [1.165, 1.54) is 0 Å². The van der Waals surface area contributed by atoms with Crippen molar-refractivity contribution in [3.05, 3.63) is 0 Å². The molecule has 0 fully saturated rings. The van der Waals surface area contributed by atoms with Crippen LogP contribution in [0.15, 0.2) is 0 Å². The molecular weight excluding hydrogens is 152 g/mol. The lowest BCUT2D eigenvalue weighted by Gasteiger charge is -2.12. The van der Waals surface area contributed by atoms with Crippen LogP contribution in [0.4, 0.5) is 0 Å². The maximum Gasteiger partial charge on any atom is 0.307 e. The first-order chi connectivity index (χ1) is 4.59. The van der Waals surface area contributed by atoms with Crippen LogP contribution in [0.2, 0.25) is 0 Å². The zero-order valence-electron chi connectivity index (χ0n) is 6.30. The molecule has 0 aliphatic carbocycles. The van der Waals surface area contributed by atoms with Crippen LogP contribution in [0, 0.1) is 5.92 Å². The van der Waals surface area contributed by atoms with Crippen LogP contribution in [0.1, 0.15) is 26.7 Å². The van der Waals surface area contributed by atoms with Gasteiger partial charge in [0.15, 0.2) is 0 Å². The Bertz CT molecular complexity index is 112. The van der Waals surface area contributed by atoms with E-state index in [1.807, 2.05) is 6.92 Å². The van der Waals surface area contributed by atoms with Crippen molar-refractivity contribution in [3.8, 4) is 0 Å². The minimum Gasteiger partial charge on any atom is -0.481 e. The number of halogens is 1. The predicted octanol–water partition coefficient (Wildman–Crippen LogP) is 2.11. The van der Waals surface area contributed by atoms with E-state index in [0.717, 1.165) is 6.42 Å². The van der Waals surface area contributed by atoms with Crippen molar-refractivity contribution < 1.29 is 9.90 Å². The van der Waals surface area contributed by atoms with Gasteiger partial charge in [-0.3, -0.25) is 4.79 Å². The van der Waals surface area contributed by atoms with Crippen LogP contribution in [0.25, 0.3) is 0 Å². The first-order valence-corrected chi connectivity index (χ1v) is 3.90. The van der Waals surface area contributed by atoms with Gasteiger partial charge in [0.1, 0.15) is 0 Å². The Balaban J connectivity index is 3.85. The van der Waals surface area contributed by atoms with Gasteiger partial charge in [-0.15, -0.1) is 11.6 Å². The number of alkyl halides is 1. The third-order valence-electron chi connectivity index (χ3n) is 1.47. The second-order valence-corrected chi connectivity index (χ2v) is 3.10. The average Bonchev–Trinajstić information content (AvgIpc) is 1.81. The number of carboxylic acids is 1. The van der Waals surface area contributed by atoms with Gasteiger partial charge in [0.05, 0.1) is 5.92 Å². The van der Waals surface area contributed by atoms with E-state index in [-0.39, 0.29) is 11.3 Å². The summed E-state index contributed by atoms with van der Waals surface area (Å²) in [6, 6.07) is 0. The Morgan fingerprint density at radius 3 is 2.30 bits per heavy atom. The Morgan fingerprint density at radius 2 is 2.20 bits per heavy atom. The number of carbonyl (C=O) groups is 1. The van der Waals surface area contributed by atoms with Gasteiger partial charge < -0.3 is 5.11 Å². The lowest BCUT2D eigenvalue weighted by Crippen LogP contribution is -2.21. The Labute approximate surface area is 66.2 Å². The van der Waals surface area contributed by atoms with Gasteiger partial charge in [-0.05, 0) is 13.3 Å². The molecule has 0 aromatic carbocycles. The summed E-state index contributed by atoms with van der Waals surface area (Å²) in [7, 11) is 0. The van der Waals surface area contributed by atoms with E-state index in [2.05, 4.69) is 0 Å². The van der Waals surface area contributed by atoms with Crippen molar-refractivity contribution in [2.24, 2.45) is 5.92 Å². The van der Waals surface area contributed by atoms with Crippen LogP contribution in [-0.2, 0) is 4.79 Å². The van der Waals surface area contributed by atoms with Gasteiger partial charge >= 0.3 is 5.97 Å². The van der Waals surface area contributed by atoms with Gasteiger partial charge in [-0.25, -0.2) is 0 Å². The van der Waals surface area contributed by atoms with E-state index >= 15 is 0 Å². The monoisotopic (exact) mass is 164 g/mol. The molecular formula is C7H13ClO2. The molecule has 0 saturated heterocycles. The molecule has 3 heteroatoms. The predicted molar refractivity (Wildman–Crippen MR) is 41.3 cm³/mol. The highest BCUT2D eigenvalue weighted by Gasteiger charge is 2.21. The molecule has 0 bridgehead atoms. The molecule has 2 atom stereocenters. The molecule has 0 aromatic rings.